The first kappa shape index (κ1) is 12.4. The first-order valence-corrected chi connectivity index (χ1v) is 7.70. The molecule has 0 saturated carbocycles. The van der Waals surface area contributed by atoms with Crippen LogP contribution >= 0.6 is 11.3 Å². The number of hydrogen-bond acceptors (Lipinski definition) is 3. The highest BCUT2D eigenvalue weighted by molar-refractivity contribution is 7.14. The Balaban J connectivity index is 2.07. The van der Waals surface area contributed by atoms with E-state index in [0.717, 1.165) is 30.8 Å². The van der Waals surface area contributed by atoms with Crippen molar-refractivity contribution >= 4 is 17.1 Å². The molecule has 1 N–H and O–H groups in total. The van der Waals surface area contributed by atoms with Crippen molar-refractivity contribution in [1.82, 2.24) is 5.32 Å². The van der Waals surface area contributed by atoms with Gasteiger partial charge in [0.1, 0.15) is 0 Å². The van der Waals surface area contributed by atoms with Gasteiger partial charge in [0.15, 0.2) is 5.78 Å². The normalized spacial score (nSPS) is 22.7. The third kappa shape index (κ3) is 1.84. The summed E-state index contributed by atoms with van der Waals surface area (Å²) in [6.45, 7) is 8.25. The van der Waals surface area contributed by atoms with Crippen LogP contribution in [0.2, 0.25) is 0 Å². The molecule has 0 aromatic carbocycles. The monoisotopic (exact) mass is 263 g/mol. The molecule has 2 heterocycles. The molecule has 0 spiro atoms. The summed E-state index contributed by atoms with van der Waals surface area (Å²) in [6.07, 6.45) is 3.43. The number of nitrogens with one attached hydrogen (secondary N) is 1. The van der Waals surface area contributed by atoms with E-state index in [0.29, 0.717) is 11.7 Å². The average Bonchev–Trinajstić information content (AvgIpc) is 2.78. The Labute approximate surface area is 113 Å². The van der Waals surface area contributed by atoms with Crippen LogP contribution in [0.1, 0.15) is 58.8 Å². The van der Waals surface area contributed by atoms with Crippen LogP contribution in [0, 0.1) is 5.41 Å². The highest BCUT2D eigenvalue weighted by Gasteiger charge is 2.36. The number of ketones is 1. The lowest BCUT2D eigenvalue weighted by Gasteiger charge is -2.16. The van der Waals surface area contributed by atoms with Gasteiger partial charge in [-0.25, -0.2) is 0 Å². The number of thiophene rings is 1. The van der Waals surface area contributed by atoms with E-state index in [-0.39, 0.29) is 5.41 Å². The van der Waals surface area contributed by atoms with Crippen LogP contribution in [0.4, 0.5) is 0 Å². The molecule has 1 aromatic rings. The fourth-order valence-corrected chi connectivity index (χ4v) is 4.69. The van der Waals surface area contributed by atoms with Crippen molar-refractivity contribution in [2.45, 2.75) is 46.0 Å². The van der Waals surface area contributed by atoms with E-state index in [4.69, 9.17) is 0 Å². The molecule has 0 fully saturated rings. The summed E-state index contributed by atoms with van der Waals surface area (Å²) in [5.41, 5.74) is 2.68. The molecule has 1 aliphatic carbocycles. The van der Waals surface area contributed by atoms with Gasteiger partial charge in [-0.15, -0.1) is 11.3 Å². The van der Waals surface area contributed by atoms with E-state index in [9.17, 15) is 4.79 Å². The molecule has 3 rings (SSSR count). The molecule has 0 amide bonds. The van der Waals surface area contributed by atoms with Crippen LogP contribution in [0.25, 0.3) is 0 Å². The Morgan fingerprint density at radius 3 is 2.83 bits per heavy atom. The number of carbonyl (C=O) groups is 1. The maximum absolute atomic E-state index is 12.6. The van der Waals surface area contributed by atoms with Gasteiger partial charge in [0, 0.05) is 16.8 Å². The zero-order valence-electron chi connectivity index (χ0n) is 11.4. The van der Waals surface area contributed by atoms with E-state index >= 15 is 0 Å². The second-order valence-electron chi connectivity index (χ2n) is 6.52. The molecule has 3 heteroatoms. The number of rotatable bonds is 1. The van der Waals surface area contributed by atoms with Gasteiger partial charge in [-0.3, -0.25) is 4.79 Å². The zero-order valence-corrected chi connectivity index (χ0v) is 12.2. The predicted octanol–water partition coefficient (Wildman–Crippen LogP) is 3.15. The van der Waals surface area contributed by atoms with Crippen molar-refractivity contribution in [3.8, 4) is 0 Å². The van der Waals surface area contributed by atoms with Crippen LogP contribution in [-0.2, 0) is 12.8 Å². The lowest BCUT2D eigenvalue weighted by molar-refractivity contribution is 0.0862. The van der Waals surface area contributed by atoms with Gasteiger partial charge in [0.2, 0.25) is 0 Å². The summed E-state index contributed by atoms with van der Waals surface area (Å²) in [7, 11) is 0. The minimum atomic E-state index is -0.254. The Morgan fingerprint density at radius 1 is 1.33 bits per heavy atom. The molecule has 1 unspecified atom stereocenters. The summed E-state index contributed by atoms with van der Waals surface area (Å²) in [5.74, 6) is 0.999. The number of Topliss-reactive ketones (excluding diaryl/α,β-unsaturated/α-hetero) is 1. The SMILES string of the molecule is CC(C)(C)C(=O)c1sc2c3c1CCC3CNCC2. The van der Waals surface area contributed by atoms with Gasteiger partial charge in [0.05, 0.1) is 4.88 Å². The Bertz CT molecular complexity index is 495. The van der Waals surface area contributed by atoms with Crippen LogP contribution < -0.4 is 5.32 Å². The molecule has 1 aliphatic heterocycles. The van der Waals surface area contributed by atoms with Gasteiger partial charge < -0.3 is 5.32 Å². The molecule has 0 bridgehead atoms. The van der Waals surface area contributed by atoms with E-state index in [1.165, 1.54) is 22.4 Å². The third-order valence-corrected chi connectivity index (χ3v) is 5.39. The Kier molecular flexibility index (Phi) is 2.87. The van der Waals surface area contributed by atoms with Crippen LogP contribution in [0.5, 0.6) is 0 Å². The molecule has 0 saturated heterocycles. The molecule has 1 atom stereocenters. The molecular weight excluding hydrogens is 242 g/mol. The standard InChI is InChI=1S/C15H21NOS/c1-15(2,3)14(17)13-10-5-4-9-8-16-7-6-11(18-13)12(9)10/h9,16H,4-8H2,1-3H3. The molecule has 18 heavy (non-hydrogen) atoms. The van der Waals surface area contributed by atoms with E-state index in [2.05, 4.69) is 5.32 Å². The van der Waals surface area contributed by atoms with Crippen LogP contribution in [0.15, 0.2) is 0 Å². The molecule has 2 nitrogen and oxygen atoms in total. The highest BCUT2D eigenvalue weighted by atomic mass is 32.1. The molecule has 98 valence electrons. The summed E-state index contributed by atoms with van der Waals surface area (Å²) in [4.78, 5) is 15.1. The number of carbonyl (C=O) groups excluding carboxylic acids is 1. The minimum Gasteiger partial charge on any atom is -0.316 e. The fraction of sp³-hybridized carbons (Fsp3) is 0.667. The maximum Gasteiger partial charge on any atom is 0.178 e. The van der Waals surface area contributed by atoms with E-state index in [1.807, 2.05) is 20.8 Å². The van der Waals surface area contributed by atoms with Crippen molar-refractivity contribution < 1.29 is 4.79 Å². The van der Waals surface area contributed by atoms with E-state index in [1.54, 1.807) is 11.3 Å². The summed E-state index contributed by atoms with van der Waals surface area (Å²) < 4.78 is 0. The molecule has 2 aliphatic rings. The van der Waals surface area contributed by atoms with E-state index < -0.39 is 0 Å². The number of hydrogen-bond donors (Lipinski definition) is 1. The minimum absolute atomic E-state index is 0.254. The predicted molar refractivity (Wildman–Crippen MR) is 75.7 cm³/mol. The largest absolute Gasteiger partial charge is 0.316 e. The van der Waals surface area contributed by atoms with Gasteiger partial charge in [-0.2, -0.15) is 0 Å². The van der Waals surface area contributed by atoms with Crippen LogP contribution in [-0.4, -0.2) is 18.9 Å². The summed E-state index contributed by atoms with van der Waals surface area (Å²) in [6, 6.07) is 0. The lowest BCUT2D eigenvalue weighted by atomic mass is 9.88. The summed E-state index contributed by atoms with van der Waals surface area (Å²) >= 11 is 1.78. The Morgan fingerprint density at radius 2 is 2.11 bits per heavy atom. The molecule has 0 radical (unpaired) electrons. The zero-order chi connectivity index (χ0) is 12.9. The van der Waals surface area contributed by atoms with Gasteiger partial charge in [-0.05, 0) is 42.9 Å². The second kappa shape index (κ2) is 4.17. The van der Waals surface area contributed by atoms with Gasteiger partial charge >= 0.3 is 0 Å². The first-order chi connectivity index (χ1) is 8.48. The van der Waals surface area contributed by atoms with Gasteiger partial charge in [-0.1, -0.05) is 20.8 Å². The quantitative estimate of drug-likeness (QED) is 0.789. The maximum atomic E-state index is 12.6. The van der Waals surface area contributed by atoms with Crippen molar-refractivity contribution in [2.24, 2.45) is 5.41 Å². The smallest absolute Gasteiger partial charge is 0.178 e. The van der Waals surface area contributed by atoms with Crippen molar-refractivity contribution in [3.05, 3.63) is 20.9 Å². The highest BCUT2D eigenvalue weighted by Crippen LogP contribution is 2.44. The first-order valence-electron chi connectivity index (χ1n) is 6.88. The molecular formula is C15H21NOS. The van der Waals surface area contributed by atoms with Crippen molar-refractivity contribution in [3.63, 3.8) is 0 Å². The second-order valence-corrected chi connectivity index (χ2v) is 7.62. The summed E-state index contributed by atoms with van der Waals surface area (Å²) in [5, 5.41) is 3.52. The molecule has 1 aromatic heterocycles. The van der Waals surface area contributed by atoms with Gasteiger partial charge in [0.25, 0.3) is 0 Å². The van der Waals surface area contributed by atoms with Crippen molar-refractivity contribution in [1.29, 1.82) is 0 Å². The topological polar surface area (TPSA) is 29.1 Å². The fourth-order valence-electron chi connectivity index (χ4n) is 3.11. The average molecular weight is 263 g/mol. The third-order valence-electron chi connectivity index (χ3n) is 4.08. The Hall–Kier alpha value is -0.670. The van der Waals surface area contributed by atoms with Crippen molar-refractivity contribution in [2.75, 3.05) is 13.1 Å². The lowest BCUT2D eigenvalue weighted by Crippen LogP contribution is -2.20. The van der Waals surface area contributed by atoms with Crippen LogP contribution in [0.3, 0.4) is 0 Å².